The van der Waals surface area contributed by atoms with Crippen LogP contribution in [0.3, 0.4) is 0 Å². The summed E-state index contributed by atoms with van der Waals surface area (Å²) in [4.78, 5) is 22.0. The van der Waals surface area contributed by atoms with Crippen LogP contribution in [0.1, 0.15) is 6.42 Å². The van der Waals surface area contributed by atoms with Crippen molar-refractivity contribution in [1.29, 1.82) is 0 Å². The summed E-state index contributed by atoms with van der Waals surface area (Å²) in [5.74, 6) is 1.29. The minimum atomic E-state index is -1.20. The molecule has 1 atom stereocenters. The number of terminal acetylenes is 1. The molecule has 1 amide bonds. The molecule has 1 aromatic carbocycles. The molecule has 0 aliphatic carbocycles. The zero-order chi connectivity index (χ0) is 12.7. The van der Waals surface area contributed by atoms with E-state index in [4.69, 9.17) is 16.3 Å². The van der Waals surface area contributed by atoms with Gasteiger partial charge in [0.15, 0.2) is 0 Å². The zero-order valence-electron chi connectivity index (χ0n) is 8.92. The summed E-state index contributed by atoms with van der Waals surface area (Å²) >= 11 is 0. The van der Waals surface area contributed by atoms with Crippen LogP contribution >= 0.6 is 0 Å². The Balaban J connectivity index is 2.54. The number of amides is 1. The molecule has 1 rings (SSSR count). The SMILES string of the molecule is C#CCC(NC(=O)Oc1ccccc1)C(=O)O. The predicted molar refractivity (Wildman–Crippen MR) is 60.5 cm³/mol. The number of hydrogen-bond donors (Lipinski definition) is 2. The van der Waals surface area contributed by atoms with Crippen molar-refractivity contribution in [3.8, 4) is 18.1 Å². The average molecular weight is 233 g/mol. The van der Waals surface area contributed by atoms with Crippen molar-refractivity contribution in [1.82, 2.24) is 5.32 Å². The first-order valence-corrected chi connectivity index (χ1v) is 4.83. The Morgan fingerprint density at radius 2 is 2.06 bits per heavy atom. The number of para-hydroxylation sites is 1. The molecule has 5 nitrogen and oxygen atoms in total. The lowest BCUT2D eigenvalue weighted by Gasteiger charge is -2.11. The molecule has 88 valence electrons. The van der Waals surface area contributed by atoms with E-state index in [0.29, 0.717) is 5.75 Å². The van der Waals surface area contributed by atoms with Crippen molar-refractivity contribution in [2.45, 2.75) is 12.5 Å². The highest BCUT2D eigenvalue weighted by Gasteiger charge is 2.19. The normalized spacial score (nSPS) is 11.0. The van der Waals surface area contributed by atoms with Crippen molar-refractivity contribution in [2.24, 2.45) is 0 Å². The molecule has 0 aromatic heterocycles. The maximum Gasteiger partial charge on any atom is 0.413 e. The quantitative estimate of drug-likeness (QED) is 0.767. The van der Waals surface area contributed by atoms with E-state index in [1.807, 2.05) is 0 Å². The number of carbonyl (C=O) groups excluding carboxylic acids is 1. The monoisotopic (exact) mass is 233 g/mol. The summed E-state index contributed by atoms with van der Waals surface area (Å²) in [6.07, 6.45) is 4.04. The Morgan fingerprint density at radius 3 is 2.59 bits per heavy atom. The van der Waals surface area contributed by atoms with Crippen LogP contribution in [0.5, 0.6) is 5.75 Å². The van der Waals surface area contributed by atoms with Gasteiger partial charge in [-0.2, -0.15) is 0 Å². The Labute approximate surface area is 98.4 Å². The van der Waals surface area contributed by atoms with Crippen molar-refractivity contribution in [2.75, 3.05) is 0 Å². The summed E-state index contributed by atoms with van der Waals surface area (Å²) in [6.45, 7) is 0. The Bertz CT molecular complexity index is 436. The van der Waals surface area contributed by atoms with Crippen LogP contribution in [0.25, 0.3) is 0 Å². The standard InChI is InChI=1S/C12H11NO4/c1-2-6-10(11(14)15)13-12(16)17-9-7-4-3-5-8-9/h1,3-5,7-8,10H,6H2,(H,13,16)(H,14,15). The highest BCUT2D eigenvalue weighted by Crippen LogP contribution is 2.08. The van der Waals surface area contributed by atoms with Crippen LogP contribution < -0.4 is 10.1 Å². The molecule has 0 fully saturated rings. The van der Waals surface area contributed by atoms with Gasteiger partial charge in [0, 0.05) is 6.42 Å². The summed E-state index contributed by atoms with van der Waals surface area (Å²) in [5, 5.41) is 10.9. The molecule has 1 unspecified atom stereocenters. The van der Waals surface area contributed by atoms with Gasteiger partial charge in [0.25, 0.3) is 0 Å². The van der Waals surface area contributed by atoms with E-state index in [-0.39, 0.29) is 6.42 Å². The molecular formula is C12H11NO4. The fourth-order valence-corrected chi connectivity index (χ4v) is 1.09. The molecule has 0 aliphatic heterocycles. The number of nitrogens with one attached hydrogen (secondary N) is 1. The smallest absolute Gasteiger partial charge is 0.413 e. The molecule has 17 heavy (non-hydrogen) atoms. The predicted octanol–water partition coefficient (Wildman–Crippen LogP) is 1.25. The van der Waals surface area contributed by atoms with E-state index in [1.54, 1.807) is 30.3 Å². The van der Waals surface area contributed by atoms with E-state index in [0.717, 1.165) is 0 Å². The van der Waals surface area contributed by atoms with Gasteiger partial charge in [-0.3, -0.25) is 0 Å². The Hall–Kier alpha value is -2.48. The number of aliphatic carboxylic acids is 1. The maximum absolute atomic E-state index is 11.3. The number of benzene rings is 1. The van der Waals surface area contributed by atoms with Gasteiger partial charge in [0.05, 0.1) is 0 Å². The Kier molecular flexibility index (Phi) is 4.58. The third-order valence-corrected chi connectivity index (χ3v) is 1.87. The lowest BCUT2D eigenvalue weighted by atomic mass is 10.2. The van der Waals surface area contributed by atoms with Crippen LogP contribution in [0.15, 0.2) is 30.3 Å². The van der Waals surface area contributed by atoms with Crippen LogP contribution in [-0.4, -0.2) is 23.2 Å². The molecule has 0 heterocycles. The van der Waals surface area contributed by atoms with E-state index >= 15 is 0 Å². The van der Waals surface area contributed by atoms with E-state index in [9.17, 15) is 9.59 Å². The second-order valence-corrected chi connectivity index (χ2v) is 3.15. The lowest BCUT2D eigenvalue weighted by molar-refractivity contribution is -0.139. The van der Waals surface area contributed by atoms with Crippen molar-refractivity contribution < 1.29 is 19.4 Å². The van der Waals surface area contributed by atoms with Crippen LogP contribution in [0, 0.1) is 12.3 Å². The lowest BCUT2D eigenvalue weighted by Crippen LogP contribution is -2.41. The van der Waals surface area contributed by atoms with Crippen LogP contribution in [0.4, 0.5) is 4.79 Å². The first-order chi connectivity index (χ1) is 8.13. The summed E-state index contributed by atoms with van der Waals surface area (Å²) in [6, 6.07) is 7.17. The third-order valence-electron chi connectivity index (χ3n) is 1.87. The van der Waals surface area contributed by atoms with Gasteiger partial charge in [0.2, 0.25) is 0 Å². The molecule has 0 bridgehead atoms. The van der Waals surface area contributed by atoms with Gasteiger partial charge in [-0.1, -0.05) is 18.2 Å². The zero-order valence-corrected chi connectivity index (χ0v) is 8.92. The number of carbonyl (C=O) groups is 2. The molecule has 2 N–H and O–H groups in total. The first-order valence-electron chi connectivity index (χ1n) is 4.83. The molecule has 1 aromatic rings. The fraction of sp³-hybridized carbons (Fsp3) is 0.167. The van der Waals surface area contributed by atoms with Crippen LogP contribution in [0.2, 0.25) is 0 Å². The van der Waals surface area contributed by atoms with Gasteiger partial charge in [-0.15, -0.1) is 12.3 Å². The topological polar surface area (TPSA) is 75.6 Å². The summed E-state index contributed by atoms with van der Waals surface area (Å²) in [7, 11) is 0. The molecule has 0 aliphatic rings. The second kappa shape index (κ2) is 6.18. The number of ether oxygens (including phenoxy) is 1. The van der Waals surface area contributed by atoms with Gasteiger partial charge < -0.3 is 15.2 Å². The molecule has 0 saturated carbocycles. The third kappa shape index (κ3) is 4.26. The Morgan fingerprint density at radius 1 is 1.41 bits per heavy atom. The fourth-order valence-electron chi connectivity index (χ4n) is 1.09. The van der Waals surface area contributed by atoms with Crippen molar-refractivity contribution in [3.05, 3.63) is 30.3 Å². The average Bonchev–Trinajstić information content (AvgIpc) is 2.29. The van der Waals surface area contributed by atoms with Crippen molar-refractivity contribution in [3.63, 3.8) is 0 Å². The number of rotatable bonds is 4. The second-order valence-electron chi connectivity index (χ2n) is 3.15. The van der Waals surface area contributed by atoms with Crippen LogP contribution in [-0.2, 0) is 4.79 Å². The van der Waals surface area contributed by atoms with E-state index in [1.165, 1.54) is 0 Å². The number of carboxylic acids is 1. The number of hydrogen-bond acceptors (Lipinski definition) is 3. The molecule has 0 radical (unpaired) electrons. The summed E-state index contributed by atoms with van der Waals surface area (Å²) in [5.41, 5.74) is 0. The van der Waals surface area contributed by atoms with Gasteiger partial charge in [-0.05, 0) is 12.1 Å². The largest absolute Gasteiger partial charge is 0.480 e. The summed E-state index contributed by atoms with van der Waals surface area (Å²) < 4.78 is 4.86. The molecule has 0 spiro atoms. The van der Waals surface area contributed by atoms with Gasteiger partial charge in [-0.25, -0.2) is 9.59 Å². The van der Waals surface area contributed by atoms with Gasteiger partial charge >= 0.3 is 12.1 Å². The van der Waals surface area contributed by atoms with Gasteiger partial charge in [0.1, 0.15) is 11.8 Å². The molecular weight excluding hydrogens is 222 g/mol. The maximum atomic E-state index is 11.3. The highest BCUT2D eigenvalue weighted by atomic mass is 16.6. The first kappa shape index (κ1) is 12.6. The highest BCUT2D eigenvalue weighted by molar-refractivity contribution is 5.81. The van der Waals surface area contributed by atoms with Crippen molar-refractivity contribution >= 4 is 12.1 Å². The minimum absolute atomic E-state index is 0.0980. The molecule has 5 heteroatoms. The minimum Gasteiger partial charge on any atom is -0.480 e. The van der Waals surface area contributed by atoms with E-state index < -0.39 is 18.1 Å². The molecule has 0 saturated heterocycles. The van der Waals surface area contributed by atoms with E-state index in [2.05, 4.69) is 11.2 Å². The number of carboxylic acid groups (broad SMARTS) is 1.